The molecule has 0 radical (unpaired) electrons. The minimum Gasteiger partial charge on any atom is -0.369 e. The average molecular weight is 467 g/mol. The van der Waals surface area contributed by atoms with E-state index in [4.69, 9.17) is 14.2 Å². The van der Waals surface area contributed by atoms with E-state index in [-0.39, 0.29) is 12.3 Å². The van der Waals surface area contributed by atoms with E-state index in [1.54, 1.807) is 24.5 Å². The zero-order valence-corrected chi connectivity index (χ0v) is 18.9. The number of nitro benzene ring substituents is 1. The molecule has 35 heavy (non-hydrogen) atoms. The van der Waals surface area contributed by atoms with Crippen LogP contribution in [0.3, 0.4) is 0 Å². The number of aryl methyl sites for hydroxylation is 1. The number of rotatable bonds is 8. The Bertz CT molecular complexity index is 1440. The molecule has 0 fully saturated rings. The molecule has 3 aromatic heterocycles. The van der Waals surface area contributed by atoms with Crippen molar-refractivity contribution in [3.05, 3.63) is 113 Å². The van der Waals surface area contributed by atoms with Crippen molar-refractivity contribution in [3.63, 3.8) is 0 Å². The highest BCUT2D eigenvalue weighted by atomic mass is 16.6. The Labute approximate surface area is 200 Å². The molecule has 0 saturated heterocycles. The number of ether oxygens (including phenoxy) is 1. The second-order valence-corrected chi connectivity index (χ2v) is 7.86. The van der Waals surface area contributed by atoms with Gasteiger partial charge in [-0.2, -0.15) is 0 Å². The highest BCUT2D eigenvalue weighted by Crippen LogP contribution is 2.34. The molecule has 0 N–H and O–H groups in total. The Morgan fingerprint density at radius 3 is 2.46 bits per heavy atom. The lowest BCUT2D eigenvalue weighted by Gasteiger charge is -2.08. The fourth-order valence-electron chi connectivity index (χ4n) is 3.81. The molecular weight excluding hydrogens is 446 g/mol. The van der Waals surface area contributed by atoms with Crippen LogP contribution in [0.15, 0.2) is 89.8 Å². The maximum atomic E-state index is 11.1. The minimum atomic E-state index is -0.422. The summed E-state index contributed by atoms with van der Waals surface area (Å²) in [7, 11) is 0. The molecule has 0 atom stereocenters. The molecule has 5 aromatic rings. The molecular formula is C26H21N5O4. The van der Waals surface area contributed by atoms with Gasteiger partial charge in [0, 0.05) is 42.0 Å². The first kappa shape index (κ1) is 22.2. The Morgan fingerprint density at radius 2 is 1.74 bits per heavy atom. The van der Waals surface area contributed by atoms with Crippen LogP contribution in [0.1, 0.15) is 17.1 Å². The van der Waals surface area contributed by atoms with Gasteiger partial charge in [0.1, 0.15) is 23.9 Å². The van der Waals surface area contributed by atoms with Gasteiger partial charge in [-0.05, 0) is 36.8 Å². The molecule has 0 aliphatic heterocycles. The van der Waals surface area contributed by atoms with Crippen LogP contribution >= 0.6 is 0 Å². The van der Waals surface area contributed by atoms with Crippen molar-refractivity contribution in [2.24, 2.45) is 0 Å². The zero-order chi connectivity index (χ0) is 24.2. The smallest absolute Gasteiger partial charge is 0.269 e. The van der Waals surface area contributed by atoms with Crippen molar-refractivity contribution < 1.29 is 14.2 Å². The van der Waals surface area contributed by atoms with Gasteiger partial charge in [-0.25, -0.2) is 4.98 Å². The van der Waals surface area contributed by atoms with Crippen LogP contribution in [0.25, 0.3) is 28.2 Å². The van der Waals surface area contributed by atoms with E-state index in [0.717, 1.165) is 22.4 Å². The molecule has 9 nitrogen and oxygen atoms in total. The van der Waals surface area contributed by atoms with Crippen LogP contribution in [0.5, 0.6) is 0 Å². The van der Waals surface area contributed by atoms with Gasteiger partial charge >= 0.3 is 0 Å². The Morgan fingerprint density at radius 1 is 1.00 bits per heavy atom. The van der Waals surface area contributed by atoms with Gasteiger partial charge in [0.15, 0.2) is 0 Å². The number of aromatic nitrogens is 4. The molecule has 0 spiro atoms. The second-order valence-electron chi connectivity index (χ2n) is 7.86. The lowest BCUT2D eigenvalue weighted by atomic mass is 10.0. The number of pyridine rings is 1. The van der Waals surface area contributed by atoms with E-state index in [9.17, 15) is 10.1 Å². The fourth-order valence-corrected chi connectivity index (χ4v) is 3.81. The first-order valence-corrected chi connectivity index (χ1v) is 10.9. The Kier molecular flexibility index (Phi) is 6.15. The van der Waals surface area contributed by atoms with Crippen molar-refractivity contribution in [1.82, 2.24) is 19.7 Å². The molecule has 0 bridgehead atoms. The molecule has 174 valence electrons. The summed E-state index contributed by atoms with van der Waals surface area (Å²) in [6, 6.07) is 19.9. The van der Waals surface area contributed by atoms with E-state index in [1.807, 2.05) is 60.2 Å². The first-order chi connectivity index (χ1) is 17.1. The van der Waals surface area contributed by atoms with Crippen molar-refractivity contribution in [2.75, 3.05) is 0 Å². The maximum absolute atomic E-state index is 11.1. The molecule has 0 aliphatic rings. The van der Waals surface area contributed by atoms with Gasteiger partial charge in [0.2, 0.25) is 0 Å². The molecule has 3 heterocycles. The van der Waals surface area contributed by atoms with Gasteiger partial charge in [0.25, 0.3) is 5.69 Å². The van der Waals surface area contributed by atoms with Crippen LogP contribution < -0.4 is 0 Å². The highest BCUT2D eigenvalue weighted by molar-refractivity contribution is 5.80. The summed E-state index contributed by atoms with van der Waals surface area (Å²) in [5.74, 6) is 1.28. The van der Waals surface area contributed by atoms with Crippen LogP contribution in [-0.4, -0.2) is 24.6 Å². The monoisotopic (exact) mass is 467 g/mol. The zero-order valence-electron chi connectivity index (χ0n) is 18.9. The van der Waals surface area contributed by atoms with E-state index in [1.165, 1.54) is 12.1 Å². The Balaban J connectivity index is 1.53. The number of non-ortho nitro benzene ring substituents is 1. The molecule has 0 saturated carbocycles. The third-order valence-electron chi connectivity index (χ3n) is 5.53. The molecule has 0 amide bonds. The lowest BCUT2D eigenvalue weighted by Crippen LogP contribution is -2.03. The maximum Gasteiger partial charge on any atom is 0.269 e. The van der Waals surface area contributed by atoms with E-state index in [2.05, 4.69) is 10.1 Å². The van der Waals surface area contributed by atoms with Gasteiger partial charge in [-0.15, -0.1) is 0 Å². The van der Waals surface area contributed by atoms with Crippen LogP contribution in [0.4, 0.5) is 5.69 Å². The van der Waals surface area contributed by atoms with Crippen molar-refractivity contribution in [3.8, 4) is 28.2 Å². The van der Waals surface area contributed by atoms with Crippen LogP contribution in [0.2, 0.25) is 0 Å². The predicted octanol–water partition coefficient (Wildman–Crippen LogP) is 5.52. The van der Waals surface area contributed by atoms with E-state index < -0.39 is 4.92 Å². The summed E-state index contributed by atoms with van der Waals surface area (Å²) in [6.07, 6.45) is 5.31. The standard InChI is InChI=1S/C26H21N5O4/c1-18-25(26(29-35-18)20-5-3-2-4-6-20)23-15-30(21-7-9-22(10-8-21)31(32)33)24(28-23)17-34-16-19-11-13-27-14-12-19/h2-15H,16-17H2,1H3. The summed E-state index contributed by atoms with van der Waals surface area (Å²) >= 11 is 0. The highest BCUT2D eigenvalue weighted by Gasteiger charge is 2.21. The summed E-state index contributed by atoms with van der Waals surface area (Å²) in [5.41, 5.74) is 4.81. The topological polar surface area (TPSA) is 109 Å². The average Bonchev–Trinajstić information content (AvgIpc) is 3.48. The number of nitrogens with zero attached hydrogens (tertiary/aromatic N) is 5. The van der Waals surface area contributed by atoms with Crippen molar-refractivity contribution in [2.45, 2.75) is 20.1 Å². The summed E-state index contributed by atoms with van der Waals surface area (Å²) in [4.78, 5) is 19.6. The van der Waals surface area contributed by atoms with Gasteiger partial charge in [-0.1, -0.05) is 35.5 Å². The third-order valence-corrected chi connectivity index (χ3v) is 5.53. The minimum absolute atomic E-state index is 0.0193. The number of imidazole rings is 1. The molecule has 2 aromatic carbocycles. The number of hydrogen-bond donors (Lipinski definition) is 0. The van der Waals surface area contributed by atoms with Crippen molar-refractivity contribution >= 4 is 5.69 Å². The largest absolute Gasteiger partial charge is 0.369 e. The van der Waals surface area contributed by atoms with E-state index >= 15 is 0 Å². The number of benzene rings is 2. The van der Waals surface area contributed by atoms with Gasteiger partial charge < -0.3 is 13.8 Å². The Hall–Kier alpha value is -4.63. The SMILES string of the molecule is Cc1onc(-c2ccccc2)c1-c1cn(-c2ccc([N+](=O)[O-])cc2)c(COCc2ccncc2)n1. The molecule has 0 unspecified atom stereocenters. The van der Waals surface area contributed by atoms with Crippen LogP contribution in [0, 0.1) is 17.0 Å². The van der Waals surface area contributed by atoms with Crippen molar-refractivity contribution in [1.29, 1.82) is 0 Å². The second kappa shape index (κ2) is 9.70. The number of hydrogen-bond acceptors (Lipinski definition) is 7. The third kappa shape index (κ3) is 4.71. The normalized spacial score (nSPS) is 11.0. The number of nitro groups is 1. The quantitative estimate of drug-likeness (QED) is 0.218. The first-order valence-electron chi connectivity index (χ1n) is 10.9. The molecule has 9 heteroatoms. The van der Waals surface area contributed by atoms with E-state index in [0.29, 0.717) is 29.6 Å². The summed E-state index contributed by atoms with van der Waals surface area (Å²) in [5, 5.41) is 15.4. The summed E-state index contributed by atoms with van der Waals surface area (Å²) in [6.45, 7) is 2.47. The van der Waals surface area contributed by atoms with Gasteiger partial charge in [0.05, 0.1) is 22.8 Å². The molecule has 0 aliphatic carbocycles. The van der Waals surface area contributed by atoms with Gasteiger partial charge in [-0.3, -0.25) is 15.1 Å². The predicted molar refractivity (Wildman–Crippen MR) is 129 cm³/mol. The molecule has 5 rings (SSSR count). The summed E-state index contributed by atoms with van der Waals surface area (Å²) < 4.78 is 13.3. The fraction of sp³-hybridized carbons (Fsp3) is 0.115. The van der Waals surface area contributed by atoms with Crippen LogP contribution in [-0.2, 0) is 18.0 Å². The lowest BCUT2D eigenvalue weighted by molar-refractivity contribution is -0.384.